The number of hydrogen-bond donors (Lipinski definition) is 1. The van der Waals surface area contributed by atoms with Crippen LogP contribution in [0.5, 0.6) is 11.5 Å². The van der Waals surface area contributed by atoms with Crippen molar-refractivity contribution in [2.45, 2.75) is 6.92 Å². The molecule has 1 amide bonds. The number of ether oxygens (including phenoxy) is 3. The molecule has 1 aliphatic rings. The Morgan fingerprint density at radius 2 is 1.67 bits per heavy atom. The van der Waals surface area contributed by atoms with Crippen LogP contribution in [0.4, 0.5) is 5.69 Å². The molecule has 0 unspecified atom stereocenters. The quantitative estimate of drug-likeness (QED) is 0.874. The van der Waals surface area contributed by atoms with Gasteiger partial charge in [0.15, 0.2) is 11.5 Å². The molecule has 1 heterocycles. The summed E-state index contributed by atoms with van der Waals surface area (Å²) in [5.41, 5.74) is 1.46. The first-order valence-corrected chi connectivity index (χ1v) is 7.65. The van der Waals surface area contributed by atoms with E-state index in [1.807, 2.05) is 0 Å². The third kappa shape index (κ3) is 3.48. The smallest absolute Gasteiger partial charge is 0.338 e. The number of benzene rings is 2. The molecule has 0 fully saturated rings. The predicted octanol–water partition coefficient (Wildman–Crippen LogP) is 2.89. The summed E-state index contributed by atoms with van der Waals surface area (Å²) in [5.74, 6) is 0.591. The minimum absolute atomic E-state index is 0.276. The number of rotatable bonds is 4. The maximum atomic E-state index is 12.3. The number of esters is 1. The molecule has 3 rings (SSSR count). The van der Waals surface area contributed by atoms with Crippen LogP contribution in [-0.2, 0) is 4.74 Å². The van der Waals surface area contributed by atoms with Crippen molar-refractivity contribution in [1.29, 1.82) is 0 Å². The number of amides is 1. The average Bonchev–Trinajstić information content (AvgIpc) is 2.62. The molecular formula is C18H17NO5. The van der Waals surface area contributed by atoms with Gasteiger partial charge in [-0.3, -0.25) is 4.79 Å². The largest absolute Gasteiger partial charge is 0.486 e. The molecule has 0 atom stereocenters. The number of hydrogen-bond acceptors (Lipinski definition) is 5. The van der Waals surface area contributed by atoms with Crippen LogP contribution in [0.25, 0.3) is 0 Å². The summed E-state index contributed by atoms with van der Waals surface area (Å²) in [7, 11) is 0. The fourth-order valence-corrected chi connectivity index (χ4v) is 2.30. The second-order valence-corrected chi connectivity index (χ2v) is 5.11. The van der Waals surface area contributed by atoms with Crippen molar-refractivity contribution in [3.63, 3.8) is 0 Å². The van der Waals surface area contributed by atoms with E-state index in [0.29, 0.717) is 48.1 Å². The van der Waals surface area contributed by atoms with Crippen molar-refractivity contribution in [3.05, 3.63) is 53.6 Å². The SMILES string of the molecule is CCOC(=O)c1ccc(C(=O)Nc2ccc3c(c2)OCCO3)cc1. The molecule has 0 saturated carbocycles. The Kier molecular flexibility index (Phi) is 4.65. The molecular weight excluding hydrogens is 310 g/mol. The highest BCUT2D eigenvalue weighted by Gasteiger charge is 2.14. The molecule has 2 aromatic carbocycles. The number of fused-ring (bicyclic) bond motifs is 1. The molecule has 0 radical (unpaired) electrons. The molecule has 6 nitrogen and oxygen atoms in total. The summed E-state index contributed by atoms with van der Waals surface area (Å²) >= 11 is 0. The van der Waals surface area contributed by atoms with Gasteiger partial charge in [0.1, 0.15) is 13.2 Å². The van der Waals surface area contributed by atoms with Gasteiger partial charge >= 0.3 is 5.97 Å². The Morgan fingerprint density at radius 1 is 1.00 bits per heavy atom. The van der Waals surface area contributed by atoms with E-state index < -0.39 is 5.97 Å². The lowest BCUT2D eigenvalue weighted by molar-refractivity contribution is 0.0526. The normalized spacial score (nSPS) is 12.4. The van der Waals surface area contributed by atoms with Crippen LogP contribution in [-0.4, -0.2) is 31.7 Å². The van der Waals surface area contributed by atoms with Gasteiger partial charge in [0.2, 0.25) is 0 Å². The lowest BCUT2D eigenvalue weighted by Gasteiger charge is -2.19. The summed E-state index contributed by atoms with van der Waals surface area (Å²) in [4.78, 5) is 23.9. The summed E-state index contributed by atoms with van der Waals surface area (Å²) in [6.07, 6.45) is 0. The molecule has 1 N–H and O–H groups in total. The van der Waals surface area contributed by atoms with E-state index in [9.17, 15) is 9.59 Å². The topological polar surface area (TPSA) is 73.9 Å². The Morgan fingerprint density at radius 3 is 2.38 bits per heavy atom. The van der Waals surface area contributed by atoms with Crippen LogP contribution >= 0.6 is 0 Å². The van der Waals surface area contributed by atoms with Crippen molar-refractivity contribution < 1.29 is 23.8 Å². The number of nitrogens with one attached hydrogen (secondary N) is 1. The van der Waals surface area contributed by atoms with Crippen molar-refractivity contribution in [3.8, 4) is 11.5 Å². The average molecular weight is 327 g/mol. The standard InChI is InChI=1S/C18H17NO5/c1-2-22-18(21)13-5-3-12(4-6-13)17(20)19-14-7-8-15-16(11-14)24-10-9-23-15/h3-8,11H,2,9-10H2,1H3,(H,19,20). The van der Waals surface area contributed by atoms with Gasteiger partial charge < -0.3 is 19.5 Å². The van der Waals surface area contributed by atoms with Crippen LogP contribution in [0.15, 0.2) is 42.5 Å². The van der Waals surface area contributed by atoms with Crippen molar-refractivity contribution in [2.75, 3.05) is 25.1 Å². The van der Waals surface area contributed by atoms with Gasteiger partial charge in [-0.2, -0.15) is 0 Å². The minimum atomic E-state index is -0.406. The van der Waals surface area contributed by atoms with E-state index >= 15 is 0 Å². The molecule has 6 heteroatoms. The van der Waals surface area contributed by atoms with Gasteiger partial charge in [0.05, 0.1) is 12.2 Å². The summed E-state index contributed by atoms with van der Waals surface area (Å²) in [5, 5.41) is 2.79. The van der Waals surface area contributed by atoms with Crippen LogP contribution in [0.1, 0.15) is 27.6 Å². The van der Waals surface area contributed by atoms with Crippen LogP contribution in [0.3, 0.4) is 0 Å². The van der Waals surface area contributed by atoms with Crippen molar-refractivity contribution in [1.82, 2.24) is 0 Å². The molecule has 24 heavy (non-hydrogen) atoms. The molecule has 0 spiro atoms. The zero-order chi connectivity index (χ0) is 16.9. The van der Waals surface area contributed by atoms with Crippen molar-refractivity contribution >= 4 is 17.6 Å². The third-order valence-electron chi connectivity index (χ3n) is 3.46. The van der Waals surface area contributed by atoms with E-state index in [0.717, 1.165) is 0 Å². The number of carbonyl (C=O) groups is 2. The van der Waals surface area contributed by atoms with Gasteiger partial charge in [-0.15, -0.1) is 0 Å². The van der Waals surface area contributed by atoms with Crippen molar-refractivity contribution in [2.24, 2.45) is 0 Å². The van der Waals surface area contributed by atoms with Crippen LogP contribution < -0.4 is 14.8 Å². The van der Waals surface area contributed by atoms with E-state index in [1.165, 1.54) is 0 Å². The minimum Gasteiger partial charge on any atom is -0.486 e. The maximum Gasteiger partial charge on any atom is 0.338 e. The van der Waals surface area contributed by atoms with Gasteiger partial charge in [-0.25, -0.2) is 4.79 Å². The molecule has 1 aliphatic heterocycles. The lowest BCUT2D eigenvalue weighted by Crippen LogP contribution is -2.16. The first kappa shape index (κ1) is 15.9. The Labute approximate surface area is 139 Å². The summed E-state index contributed by atoms with van der Waals surface area (Å²) in [6, 6.07) is 11.5. The van der Waals surface area contributed by atoms with E-state index in [4.69, 9.17) is 14.2 Å². The monoisotopic (exact) mass is 327 g/mol. The van der Waals surface area contributed by atoms with Crippen LogP contribution in [0, 0.1) is 0 Å². The Hall–Kier alpha value is -3.02. The van der Waals surface area contributed by atoms with Gasteiger partial charge in [0, 0.05) is 17.3 Å². The lowest BCUT2D eigenvalue weighted by atomic mass is 10.1. The predicted molar refractivity (Wildman–Crippen MR) is 87.8 cm³/mol. The fraction of sp³-hybridized carbons (Fsp3) is 0.222. The maximum absolute atomic E-state index is 12.3. The zero-order valence-electron chi connectivity index (χ0n) is 13.2. The first-order chi connectivity index (χ1) is 11.7. The van der Waals surface area contributed by atoms with Gasteiger partial charge in [-0.1, -0.05) is 0 Å². The summed E-state index contributed by atoms with van der Waals surface area (Å²) < 4.78 is 15.8. The molecule has 2 aromatic rings. The third-order valence-corrected chi connectivity index (χ3v) is 3.46. The van der Waals surface area contributed by atoms with Gasteiger partial charge in [-0.05, 0) is 43.3 Å². The Balaban J connectivity index is 1.69. The van der Waals surface area contributed by atoms with E-state index in [-0.39, 0.29) is 5.91 Å². The highest BCUT2D eigenvalue weighted by molar-refractivity contribution is 6.05. The molecule has 0 aliphatic carbocycles. The fourth-order valence-electron chi connectivity index (χ4n) is 2.30. The Bertz CT molecular complexity index is 755. The van der Waals surface area contributed by atoms with E-state index in [2.05, 4.69) is 5.32 Å². The van der Waals surface area contributed by atoms with E-state index in [1.54, 1.807) is 49.4 Å². The van der Waals surface area contributed by atoms with Crippen LogP contribution in [0.2, 0.25) is 0 Å². The zero-order valence-corrected chi connectivity index (χ0v) is 13.2. The molecule has 124 valence electrons. The first-order valence-electron chi connectivity index (χ1n) is 7.65. The molecule has 0 aromatic heterocycles. The second-order valence-electron chi connectivity index (χ2n) is 5.11. The van der Waals surface area contributed by atoms with Gasteiger partial charge in [0.25, 0.3) is 5.91 Å². The highest BCUT2D eigenvalue weighted by atomic mass is 16.6. The molecule has 0 saturated heterocycles. The number of carbonyl (C=O) groups excluding carboxylic acids is 2. The summed E-state index contributed by atoms with van der Waals surface area (Å²) in [6.45, 7) is 3.06. The highest BCUT2D eigenvalue weighted by Crippen LogP contribution is 2.32. The molecule has 0 bridgehead atoms. The second kappa shape index (κ2) is 7.04. The number of anilines is 1.